The Morgan fingerprint density at radius 3 is 2.71 bits per heavy atom. The third-order valence-electron chi connectivity index (χ3n) is 5.27. The molecule has 1 aromatic carbocycles. The van der Waals surface area contributed by atoms with Crippen LogP contribution in [0.2, 0.25) is 0 Å². The number of hydrogen-bond donors (Lipinski definition) is 2. The second-order valence-corrected chi connectivity index (χ2v) is 6.67. The fourth-order valence-electron chi connectivity index (χ4n) is 4.16. The van der Waals surface area contributed by atoms with Crippen LogP contribution in [0.15, 0.2) is 24.3 Å². The van der Waals surface area contributed by atoms with Crippen LogP contribution >= 0.6 is 0 Å². The highest BCUT2D eigenvalue weighted by molar-refractivity contribution is 5.20. The average Bonchev–Trinajstić information content (AvgIpc) is 3.02. The summed E-state index contributed by atoms with van der Waals surface area (Å²) in [4.78, 5) is 0. The van der Waals surface area contributed by atoms with Crippen LogP contribution in [0.5, 0.6) is 0 Å². The lowest BCUT2D eigenvalue weighted by Gasteiger charge is -2.38. The monoisotopic (exact) mass is 290 g/mol. The van der Waals surface area contributed by atoms with E-state index in [-0.39, 0.29) is 11.9 Å². The van der Waals surface area contributed by atoms with Crippen molar-refractivity contribution in [2.24, 2.45) is 5.92 Å². The Balaban J connectivity index is 1.68. The van der Waals surface area contributed by atoms with Crippen molar-refractivity contribution in [1.82, 2.24) is 10.6 Å². The minimum Gasteiger partial charge on any atom is -0.314 e. The number of rotatable bonds is 4. The van der Waals surface area contributed by atoms with Crippen LogP contribution in [0.3, 0.4) is 0 Å². The van der Waals surface area contributed by atoms with Gasteiger partial charge in [0.25, 0.3) is 0 Å². The molecule has 2 fully saturated rings. The molecule has 0 bridgehead atoms. The van der Waals surface area contributed by atoms with Gasteiger partial charge in [-0.1, -0.05) is 31.0 Å². The maximum absolute atomic E-state index is 13.9. The first-order valence-electron chi connectivity index (χ1n) is 8.49. The van der Waals surface area contributed by atoms with Gasteiger partial charge in [-0.3, -0.25) is 0 Å². The minimum atomic E-state index is -0.0937. The van der Waals surface area contributed by atoms with Gasteiger partial charge < -0.3 is 10.6 Å². The summed E-state index contributed by atoms with van der Waals surface area (Å²) < 4.78 is 13.9. The summed E-state index contributed by atoms with van der Waals surface area (Å²) in [6, 6.07) is 8.41. The van der Waals surface area contributed by atoms with Gasteiger partial charge in [-0.05, 0) is 51.1 Å². The maximum atomic E-state index is 13.9. The Kier molecular flexibility index (Phi) is 4.91. The predicted octanol–water partition coefficient (Wildman–Crippen LogP) is 3.79. The van der Waals surface area contributed by atoms with Gasteiger partial charge in [-0.2, -0.15) is 0 Å². The number of hydrogen-bond acceptors (Lipinski definition) is 2. The third kappa shape index (κ3) is 3.46. The summed E-state index contributed by atoms with van der Waals surface area (Å²) in [7, 11) is 0. The molecule has 1 aromatic rings. The van der Waals surface area contributed by atoms with Gasteiger partial charge in [0.1, 0.15) is 5.82 Å². The van der Waals surface area contributed by atoms with E-state index in [4.69, 9.17) is 0 Å². The summed E-state index contributed by atoms with van der Waals surface area (Å²) in [6.07, 6.45) is 7.77. The Bertz CT molecular complexity index is 456. The zero-order chi connectivity index (χ0) is 14.7. The molecular weight excluding hydrogens is 263 g/mol. The second kappa shape index (κ2) is 6.89. The normalized spacial score (nSPS) is 31.2. The van der Waals surface area contributed by atoms with Crippen molar-refractivity contribution in [1.29, 1.82) is 0 Å². The van der Waals surface area contributed by atoms with Gasteiger partial charge in [0, 0.05) is 23.7 Å². The average molecular weight is 290 g/mol. The summed E-state index contributed by atoms with van der Waals surface area (Å²) in [5.74, 6) is 0.610. The molecule has 1 aliphatic heterocycles. The fraction of sp³-hybridized carbons (Fsp3) is 0.667. The van der Waals surface area contributed by atoms with Crippen molar-refractivity contribution in [2.45, 2.75) is 63.6 Å². The molecule has 3 rings (SSSR count). The molecule has 2 N–H and O–H groups in total. The fourth-order valence-corrected chi connectivity index (χ4v) is 4.16. The molecule has 0 aromatic heterocycles. The number of halogens is 1. The highest BCUT2D eigenvalue weighted by Crippen LogP contribution is 2.32. The van der Waals surface area contributed by atoms with Crippen LogP contribution in [0, 0.1) is 11.7 Å². The van der Waals surface area contributed by atoms with Crippen molar-refractivity contribution in [3.05, 3.63) is 35.6 Å². The highest BCUT2D eigenvalue weighted by atomic mass is 19.1. The summed E-state index contributed by atoms with van der Waals surface area (Å²) in [5.41, 5.74) is 0.793. The van der Waals surface area contributed by atoms with Crippen LogP contribution < -0.4 is 10.6 Å². The first-order valence-corrected chi connectivity index (χ1v) is 8.49. The van der Waals surface area contributed by atoms with Gasteiger partial charge in [-0.25, -0.2) is 4.39 Å². The molecule has 3 unspecified atom stereocenters. The molecule has 1 heterocycles. The van der Waals surface area contributed by atoms with E-state index < -0.39 is 0 Å². The first-order chi connectivity index (χ1) is 10.3. The van der Waals surface area contributed by atoms with Crippen LogP contribution in [0.4, 0.5) is 4.39 Å². The minimum absolute atomic E-state index is 0.0817. The topological polar surface area (TPSA) is 24.1 Å². The lowest BCUT2D eigenvalue weighted by atomic mass is 9.79. The van der Waals surface area contributed by atoms with Crippen molar-refractivity contribution in [2.75, 3.05) is 6.54 Å². The maximum Gasteiger partial charge on any atom is 0.127 e. The molecule has 0 amide bonds. The molecule has 1 aliphatic carbocycles. The van der Waals surface area contributed by atoms with Crippen LogP contribution in [0.1, 0.15) is 57.1 Å². The van der Waals surface area contributed by atoms with Crippen molar-refractivity contribution in [3.8, 4) is 0 Å². The van der Waals surface area contributed by atoms with Gasteiger partial charge >= 0.3 is 0 Å². The molecule has 0 radical (unpaired) electrons. The SMILES string of the molecule is C[C@@H](NC1CCCCC1C1CCCN1)c1ccccc1F. The van der Waals surface area contributed by atoms with E-state index in [1.807, 2.05) is 12.1 Å². The van der Waals surface area contributed by atoms with E-state index in [9.17, 15) is 4.39 Å². The van der Waals surface area contributed by atoms with Gasteiger partial charge in [0.2, 0.25) is 0 Å². The van der Waals surface area contributed by atoms with Crippen LogP contribution in [0.25, 0.3) is 0 Å². The number of benzene rings is 1. The second-order valence-electron chi connectivity index (χ2n) is 6.67. The van der Waals surface area contributed by atoms with E-state index >= 15 is 0 Å². The van der Waals surface area contributed by atoms with E-state index in [1.165, 1.54) is 38.5 Å². The van der Waals surface area contributed by atoms with Crippen LogP contribution in [-0.2, 0) is 0 Å². The van der Waals surface area contributed by atoms with E-state index in [0.717, 1.165) is 12.1 Å². The zero-order valence-electron chi connectivity index (χ0n) is 12.9. The molecule has 1 saturated heterocycles. The van der Waals surface area contributed by atoms with E-state index in [2.05, 4.69) is 17.6 Å². The van der Waals surface area contributed by atoms with Gasteiger partial charge in [0.05, 0.1) is 0 Å². The lowest BCUT2D eigenvalue weighted by Crippen LogP contribution is -2.47. The molecule has 116 valence electrons. The molecule has 21 heavy (non-hydrogen) atoms. The predicted molar refractivity (Wildman–Crippen MR) is 84.7 cm³/mol. The summed E-state index contributed by atoms with van der Waals surface area (Å²) in [5, 5.41) is 7.39. The Morgan fingerprint density at radius 2 is 1.95 bits per heavy atom. The van der Waals surface area contributed by atoms with Crippen LogP contribution in [-0.4, -0.2) is 18.6 Å². The highest BCUT2D eigenvalue weighted by Gasteiger charge is 2.33. The van der Waals surface area contributed by atoms with Gasteiger partial charge in [-0.15, -0.1) is 0 Å². The molecule has 2 nitrogen and oxygen atoms in total. The third-order valence-corrected chi connectivity index (χ3v) is 5.27. The molecule has 3 heteroatoms. The number of nitrogens with one attached hydrogen (secondary N) is 2. The lowest BCUT2D eigenvalue weighted by molar-refractivity contribution is 0.202. The largest absolute Gasteiger partial charge is 0.314 e. The zero-order valence-corrected chi connectivity index (χ0v) is 12.9. The Labute approximate surface area is 127 Å². The summed E-state index contributed by atoms with van der Waals surface area (Å²) >= 11 is 0. The molecule has 4 atom stereocenters. The standard InChI is InChI=1S/C18H27FN2/c1-13(14-7-2-4-9-16(14)19)21-18-10-5-3-8-15(18)17-11-6-12-20-17/h2,4,7,9,13,15,17-18,20-21H,3,5-6,8,10-12H2,1H3/t13-,15?,17?,18?/m1/s1. The summed E-state index contributed by atoms with van der Waals surface area (Å²) in [6.45, 7) is 3.25. The Hall–Kier alpha value is -0.930. The quantitative estimate of drug-likeness (QED) is 0.881. The molecule has 2 aliphatic rings. The molecular formula is C18H27FN2. The molecule has 0 spiro atoms. The van der Waals surface area contributed by atoms with Gasteiger partial charge in [0.15, 0.2) is 0 Å². The first kappa shape index (κ1) is 15.0. The molecule has 1 saturated carbocycles. The van der Waals surface area contributed by atoms with Crippen molar-refractivity contribution < 1.29 is 4.39 Å². The van der Waals surface area contributed by atoms with E-state index in [0.29, 0.717) is 18.0 Å². The van der Waals surface area contributed by atoms with E-state index in [1.54, 1.807) is 12.1 Å². The van der Waals surface area contributed by atoms with Crippen molar-refractivity contribution >= 4 is 0 Å². The Morgan fingerprint density at radius 1 is 1.14 bits per heavy atom. The van der Waals surface area contributed by atoms with Crippen molar-refractivity contribution in [3.63, 3.8) is 0 Å². The smallest absolute Gasteiger partial charge is 0.127 e.